The summed E-state index contributed by atoms with van der Waals surface area (Å²) in [6.45, 7) is 4.17. The number of esters is 1. The molecular weight excluding hydrogens is 448 g/mol. The summed E-state index contributed by atoms with van der Waals surface area (Å²) in [5.41, 5.74) is 2.30. The van der Waals surface area contributed by atoms with Gasteiger partial charge < -0.3 is 4.74 Å². The second-order valence-electron chi connectivity index (χ2n) is 11.4. The molecule has 0 amide bonds. The van der Waals surface area contributed by atoms with Gasteiger partial charge in [0.05, 0.1) is 17.3 Å². The molecule has 3 aromatic rings. The first-order valence-electron chi connectivity index (χ1n) is 13.1. The van der Waals surface area contributed by atoms with Crippen molar-refractivity contribution in [2.24, 2.45) is 23.2 Å². The molecule has 35 heavy (non-hydrogen) atoms. The summed E-state index contributed by atoms with van der Waals surface area (Å²) in [5, 5.41) is 0. The predicted molar refractivity (Wildman–Crippen MR) is 142 cm³/mol. The van der Waals surface area contributed by atoms with Gasteiger partial charge in [-0.25, -0.2) is 0 Å². The van der Waals surface area contributed by atoms with E-state index in [4.69, 9.17) is 4.74 Å². The molecule has 0 heterocycles. The summed E-state index contributed by atoms with van der Waals surface area (Å²) >= 11 is 0. The summed E-state index contributed by atoms with van der Waals surface area (Å²) in [6.07, 6.45) is 8.51. The molecule has 0 spiro atoms. The van der Waals surface area contributed by atoms with Gasteiger partial charge in [0, 0.05) is 12.1 Å². The van der Waals surface area contributed by atoms with Crippen molar-refractivity contribution in [2.75, 3.05) is 0 Å². The Morgan fingerprint density at radius 2 is 1.23 bits per heavy atom. The minimum atomic E-state index is -0.206. The summed E-state index contributed by atoms with van der Waals surface area (Å²) in [6, 6.07) is 25.9. The standard InChI is InChI=1S/C32H35O2S/c1-22-13-29(35(27-9-5-3-6-10-27)28-11-7-4-8-12-28)14-23(2)31(22)34-30(33)21-32-18-24-15-25(19-32)17-26(16-24)20-32/h3-14,24-26H,15-21H2,1-2H3/q+1. The van der Waals surface area contributed by atoms with Gasteiger partial charge >= 0.3 is 5.97 Å². The number of hydrogen-bond acceptors (Lipinski definition) is 2. The van der Waals surface area contributed by atoms with E-state index in [2.05, 4.69) is 86.6 Å². The van der Waals surface area contributed by atoms with Crippen molar-refractivity contribution < 1.29 is 9.53 Å². The number of benzene rings is 3. The van der Waals surface area contributed by atoms with Crippen LogP contribution in [-0.2, 0) is 15.7 Å². The minimum Gasteiger partial charge on any atom is -0.426 e. The second-order valence-corrected chi connectivity index (χ2v) is 13.4. The van der Waals surface area contributed by atoms with Crippen LogP contribution >= 0.6 is 0 Å². The number of rotatable bonds is 6. The fourth-order valence-corrected chi connectivity index (χ4v) is 9.94. The summed E-state index contributed by atoms with van der Waals surface area (Å²) in [5.74, 6) is 3.28. The molecule has 180 valence electrons. The highest BCUT2D eigenvalue weighted by molar-refractivity contribution is 7.97. The zero-order chi connectivity index (χ0) is 24.0. The van der Waals surface area contributed by atoms with E-state index in [1.165, 1.54) is 53.2 Å². The quantitative estimate of drug-likeness (QED) is 0.202. The van der Waals surface area contributed by atoms with Crippen LogP contribution in [0.4, 0.5) is 0 Å². The molecule has 0 unspecified atom stereocenters. The lowest BCUT2D eigenvalue weighted by Crippen LogP contribution is -2.47. The Labute approximate surface area is 212 Å². The lowest BCUT2D eigenvalue weighted by molar-refractivity contribution is -0.142. The van der Waals surface area contributed by atoms with Crippen LogP contribution in [0.15, 0.2) is 87.5 Å². The van der Waals surface area contributed by atoms with E-state index < -0.39 is 0 Å². The van der Waals surface area contributed by atoms with Crippen LogP contribution in [0.25, 0.3) is 0 Å². The molecule has 4 aliphatic rings. The molecule has 4 saturated carbocycles. The molecule has 7 rings (SSSR count). The zero-order valence-electron chi connectivity index (χ0n) is 20.8. The van der Waals surface area contributed by atoms with Crippen LogP contribution < -0.4 is 4.74 Å². The maximum Gasteiger partial charge on any atom is 0.311 e. The fraction of sp³-hybridized carbons (Fsp3) is 0.406. The molecule has 4 fully saturated rings. The molecule has 0 N–H and O–H groups in total. The highest BCUT2D eigenvalue weighted by atomic mass is 32.2. The molecule has 0 aliphatic heterocycles. The molecule has 0 saturated heterocycles. The Hall–Kier alpha value is -2.52. The summed E-state index contributed by atoms with van der Waals surface area (Å²) < 4.78 is 6.13. The maximum absolute atomic E-state index is 13.2. The molecule has 0 radical (unpaired) electrons. The van der Waals surface area contributed by atoms with Crippen LogP contribution in [0.2, 0.25) is 0 Å². The third kappa shape index (κ3) is 4.56. The van der Waals surface area contributed by atoms with Crippen LogP contribution in [0.5, 0.6) is 5.75 Å². The van der Waals surface area contributed by atoms with Gasteiger partial charge in [0.15, 0.2) is 14.7 Å². The van der Waals surface area contributed by atoms with E-state index in [-0.39, 0.29) is 22.3 Å². The van der Waals surface area contributed by atoms with Gasteiger partial charge in [0.2, 0.25) is 0 Å². The number of ether oxygens (including phenoxy) is 1. The monoisotopic (exact) mass is 483 g/mol. The van der Waals surface area contributed by atoms with E-state index >= 15 is 0 Å². The number of carbonyl (C=O) groups is 1. The maximum atomic E-state index is 13.2. The van der Waals surface area contributed by atoms with Gasteiger partial charge in [0.1, 0.15) is 5.75 Å². The molecule has 4 aliphatic carbocycles. The Balaban J connectivity index is 1.25. The lowest BCUT2D eigenvalue weighted by atomic mass is 9.49. The van der Waals surface area contributed by atoms with E-state index in [0.717, 1.165) is 34.6 Å². The van der Waals surface area contributed by atoms with Crippen molar-refractivity contribution in [1.82, 2.24) is 0 Å². The molecular formula is C32H35O2S+. The second kappa shape index (κ2) is 9.17. The number of hydrogen-bond donors (Lipinski definition) is 0. The third-order valence-electron chi connectivity index (χ3n) is 8.53. The third-order valence-corrected chi connectivity index (χ3v) is 10.7. The van der Waals surface area contributed by atoms with Crippen molar-refractivity contribution >= 4 is 16.9 Å². The van der Waals surface area contributed by atoms with Crippen LogP contribution in [-0.4, -0.2) is 5.97 Å². The molecule has 4 bridgehead atoms. The van der Waals surface area contributed by atoms with Gasteiger partial charge in [-0.2, -0.15) is 0 Å². The van der Waals surface area contributed by atoms with E-state index in [1.54, 1.807) is 0 Å². The first-order chi connectivity index (χ1) is 17.0. The average Bonchev–Trinajstić information content (AvgIpc) is 2.82. The highest BCUT2D eigenvalue weighted by Crippen LogP contribution is 2.61. The predicted octanol–water partition coefficient (Wildman–Crippen LogP) is 7.91. The van der Waals surface area contributed by atoms with E-state index in [0.29, 0.717) is 6.42 Å². The molecule has 2 nitrogen and oxygen atoms in total. The van der Waals surface area contributed by atoms with Gasteiger partial charge in [0.25, 0.3) is 0 Å². The Morgan fingerprint density at radius 3 is 1.69 bits per heavy atom. The smallest absolute Gasteiger partial charge is 0.311 e. The zero-order valence-corrected chi connectivity index (χ0v) is 21.7. The normalized spacial score (nSPS) is 26.8. The molecule has 3 heteroatoms. The van der Waals surface area contributed by atoms with Crippen molar-refractivity contribution in [2.45, 2.75) is 73.5 Å². The number of aryl methyl sites for hydroxylation is 2. The van der Waals surface area contributed by atoms with Crippen LogP contribution in [0.3, 0.4) is 0 Å². The van der Waals surface area contributed by atoms with E-state index in [1.807, 2.05) is 0 Å². The van der Waals surface area contributed by atoms with Crippen molar-refractivity contribution in [3.63, 3.8) is 0 Å². The minimum absolute atomic E-state index is 0.0315. The molecule has 3 aromatic carbocycles. The van der Waals surface area contributed by atoms with Crippen molar-refractivity contribution in [1.29, 1.82) is 0 Å². The molecule has 0 atom stereocenters. The summed E-state index contributed by atoms with van der Waals surface area (Å²) in [4.78, 5) is 17.1. The van der Waals surface area contributed by atoms with Crippen molar-refractivity contribution in [3.8, 4) is 5.75 Å². The molecule has 0 aromatic heterocycles. The topological polar surface area (TPSA) is 26.3 Å². The largest absolute Gasteiger partial charge is 0.426 e. The Bertz CT molecular complexity index is 1120. The van der Waals surface area contributed by atoms with Crippen molar-refractivity contribution in [3.05, 3.63) is 83.9 Å². The van der Waals surface area contributed by atoms with Crippen LogP contribution in [0, 0.1) is 37.0 Å². The van der Waals surface area contributed by atoms with E-state index in [9.17, 15) is 4.79 Å². The first-order valence-corrected chi connectivity index (χ1v) is 14.4. The highest BCUT2D eigenvalue weighted by Gasteiger charge is 2.51. The number of carbonyl (C=O) groups excluding carboxylic acids is 1. The van der Waals surface area contributed by atoms with Gasteiger partial charge in [-0.15, -0.1) is 0 Å². The Morgan fingerprint density at radius 1 is 0.771 bits per heavy atom. The van der Waals surface area contributed by atoms with Gasteiger partial charge in [-0.1, -0.05) is 36.4 Å². The first kappa shape index (κ1) is 22.9. The van der Waals surface area contributed by atoms with Gasteiger partial charge in [-0.05, 0) is 111 Å². The Kier molecular flexibility index (Phi) is 6.00. The average molecular weight is 484 g/mol. The summed E-state index contributed by atoms with van der Waals surface area (Å²) in [7, 11) is -0.206. The van der Waals surface area contributed by atoms with Crippen LogP contribution in [0.1, 0.15) is 56.1 Å². The fourth-order valence-electron chi connectivity index (χ4n) is 7.67. The van der Waals surface area contributed by atoms with Gasteiger partial charge in [-0.3, -0.25) is 4.79 Å². The SMILES string of the molecule is Cc1cc([S+](c2ccccc2)c2ccccc2)cc(C)c1OC(=O)CC12CC3CC(CC(C3)C1)C2. The lowest BCUT2D eigenvalue weighted by Gasteiger charge is -2.56.